The third-order valence-corrected chi connectivity index (χ3v) is 4.25. The van der Waals surface area contributed by atoms with E-state index in [1.54, 1.807) is 0 Å². The topological polar surface area (TPSA) is 32.3 Å². The zero-order valence-electron chi connectivity index (χ0n) is 11.8. The van der Waals surface area contributed by atoms with Gasteiger partial charge in [0.25, 0.3) is 0 Å². The summed E-state index contributed by atoms with van der Waals surface area (Å²) in [6.07, 6.45) is -7.95. The average molecular weight is 332 g/mol. The molecule has 22 heavy (non-hydrogen) atoms. The van der Waals surface area contributed by atoms with Crippen LogP contribution in [0.4, 0.5) is 26.3 Å². The van der Waals surface area contributed by atoms with Crippen molar-refractivity contribution >= 4 is 5.91 Å². The monoisotopic (exact) mass is 332 g/mol. The molecule has 1 atom stereocenters. The highest BCUT2D eigenvalue weighted by atomic mass is 19.4. The molecule has 128 valence electrons. The van der Waals surface area contributed by atoms with Crippen molar-refractivity contribution in [2.75, 3.05) is 13.1 Å². The van der Waals surface area contributed by atoms with Gasteiger partial charge in [0.2, 0.25) is 5.91 Å². The molecule has 1 saturated heterocycles. The number of halogens is 6. The van der Waals surface area contributed by atoms with Crippen LogP contribution in [0.5, 0.6) is 0 Å². The summed E-state index contributed by atoms with van der Waals surface area (Å²) in [5, 5.41) is 3.04. The van der Waals surface area contributed by atoms with Crippen LogP contribution < -0.4 is 5.32 Å². The van der Waals surface area contributed by atoms with Gasteiger partial charge in [0, 0.05) is 25.0 Å². The van der Waals surface area contributed by atoms with Gasteiger partial charge in [-0.05, 0) is 25.7 Å². The van der Waals surface area contributed by atoms with Gasteiger partial charge >= 0.3 is 12.4 Å². The Hall–Kier alpha value is -0.990. The normalized spacial score (nSPS) is 30.9. The van der Waals surface area contributed by atoms with Gasteiger partial charge in [-0.2, -0.15) is 26.3 Å². The molecule has 3 nitrogen and oxygen atoms in total. The third-order valence-electron chi connectivity index (χ3n) is 4.25. The number of hydrogen-bond donors (Lipinski definition) is 1. The van der Waals surface area contributed by atoms with Crippen molar-refractivity contribution in [3.8, 4) is 0 Å². The number of nitrogens with zero attached hydrogens (tertiary/aromatic N) is 1. The van der Waals surface area contributed by atoms with Crippen molar-refractivity contribution in [1.29, 1.82) is 0 Å². The largest absolute Gasteiger partial charge is 0.406 e. The summed E-state index contributed by atoms with van der Waals surface area (Å²) in [6.45, 7) is -1.32. The molecule has 0 aromatic heterocycles. The van der Waals surface area contributed by atoms with Crippen LogP contribution in [-0.2, 0) is 4.79 Å². The minimum Gasteiger partial charge on any atom is -0.332 e. The molecule has 1 unspecified atom stereocenters. The second kappa shape index (κ2) is 6.25. The standard InChI is InChI=1S/C13H18F6N2O/c14-12(15,16)7-21-6-10(5-11(21)22)20-9-3-1-8(2-4-9)13(17,18)19/h8-10,20H,1-7H2. The van der Waals surface area contributed by atoms with Crippen molar-refractivity contribution in [3.05, 3.63) is 0 Å². The van der Waals surface area contributed by atoms with Crippen LogP contribution in [0.1, 0.15) is 32.1 Å². The number of carbonyl (C=O) groups is 1. The molecule has 9 heteroatoms. The molecule has 0 aromatic rings. The maximum Gasteiger partial charge on any atom is 0.406 e. The predicted octanol–water partition coefficient (Wildman–Crippen LogP) is 2.86. The van der Waals surface area contributed by atoms with E-state index in [4.69, 9.17) is 0 Å². The molecule has 2 fully saturated rings. The summed E-state index contributed by atoms with van der Waals surface area (Å²) in [7, 11) is 0. The molecule has 1 saturated carbocycles. The summed E-state index contributed by atoms with van der Waals surface area (Å²) in [6, 6.07) is -0.579. The molecule has 2 aliphatic rings. The molecule has 1 aliphatic carbocycles. The third kappa shape index (κ3) is 4.76. The summed E-state index contributed by atoms with van der Waals surface area (Å²) in [5.74, 6) is -1.86. The molecule has 0 aromatic carbocycles. The number of amides is 1. The number of hydrogen-bond acceptors (Lipinski definition) is 2. The minimum atomic E-state index is -4.44. The predicted molar refractivity (Wildman–Crippen MR) is 66.0 cm³/mol. The first-order valence-electron chi connectivity index (χ1n) is 7.22. The van der Waals surface area contributed by atoms with Crippen molar-refractivity contribution in [1.82, 2.24) is 10.2 Å². The van der Waals surface area contributed by atoms with Crippen molar-refractivity contribution in [3.63, 3.8) is 0 Å². The van der Waals surface area contributed by atoms with Gasteiger partial charge in [-0.15, -0.1) is 0 Å². The van der Waals surface area contributed by atoms with Gasteiger partial charge in [-0.3, -0.25) is 4.79 Å². The molecule has 1 amide bonds. The Morgan fingerprint density at radius 1 is 1.00 bits per heavy atom. The quantitative estimate of drug-likeness (QED) is 0.806. The molecule has 0 bridgehead atoms. The Kier molecular flexibility index (Phi) is 4.93. The van der Waals surface area contributed by atoms with Gasteiger partial charge in [0.05, 0.1) is 5.92 Å². The molecular formula is C13H18F6N2O. The van der Waals surface area contributed by atoms with Crippen molar-refractivity contribution < 1.29 is 31.1 Å². The lowest BCUT2D eigenvalue weighted by Crippen LogP contribution is -2.44. The molecule has 1 heterocycles. The van der Waals surface area contributed by atoms with Crippen LogP contribution in [0.2, 0.25) is 0 Å². The first kappa shape index (κ1) is 17.4. The van der Waals surface area contributed by atoms with Crippen molar-refractivity contribution in [2.24, 2.45) is 5.92 Å². The van der Waals surface area contributed by atoms with Gasteiger partial charge in [0.15, 0.2) is 0 Å². The van der Waals surface area contributed by atoms with Crippen molar-refractivity contribution in [2.45, 2.75) is 56.5 Å². The summed E-state index contributed by atoms with van der Waals surface area (Å²) < 4.78 is 74.6. The van der Waals surface area contributed by atoms with E-state index in [9.17, 15) is 31.1 Å². The fourth-order valence-corrected chi connectivity index (χ4v) is 3.17. The number of likely N-dealkylation sites (tertiary alicyclic amines) is 1. The zero-order valence-corrected chi connectivity index (χ0v) is 11.8. The molecule has 1 aliphatic heterocycles. The second-order valence-corrected chi connectivity index (χ2v) is 6.05. The SMILES string of the molecule is O=C1CC(NC2CCC(C(F)(F)F)CC2)CN1CC(F)(F)F. The van der Waals surface area contributed by atoms with E-state index in [-0.39, 0.29) is 31.8 Å². The summed E-state index contributed by atoms with van der Waals surface area (Å²) in [5.41, 5.74) is 0. The Labute approximate surface area is 124 Å². The highest BCUT2D eigenvalue weighted by molar-refractivity contribution is 5.79. The smallest absolute Gasteiger partial charge is 0.332 e. The average Bonchev–Trinajstić information content (AvgIpc) is 2.67. The maximum atomic E-state index is 12.6. The Morgan fingerprint density at radius 2 is 1.59 bits per heavy atom. The fraction of sp³-hybridized carbons (Fsp3) is 0.923. The zero-order chi connectivity index (χ0) is 16.5. The summed E-state index contributed by atoms with van der Waals surface area (Å²) in [4.78, 5) is 12.3. The molecule has 0 spiro atoms. The minimum absolute atomic E-state index is 0.0219. The Bertz CT molecular complexity index is 400. The molecule has 1 N–H and O–H groups in total. The molecule has 2 rings (SSSR count). The van der Waals surface area contributed by atoms with Crippen LogP contribution in [-0.4, -0.2) is 48.3 Å². The Balaban J connectivity index is 1.78. The lowest BCUT2D eigenvalue weighted by Gasteiger charge is -2.32. The van der Waals surface area contributed by atoms with E-state index < -0.39 is 36.8 Å². The maximum absolute atomic E-state index is 12.6. The van der Waals surface area contributed by atoms with E-state index in [2.05, 4.69) is 5.32 Å². The van der Waals surface area contributed by atoms with E-state index in [1.807, 2.05) is 0 Å². The van der Waals surface area contributed by atoms with Crippen LogP contribution in [0, 0.1) is 5.92 Å². The van der Waals surface area contributed by atoms with Gasteiger partial charge in [-0.25, -0.2) is 0 Å². The number of carbonyl (C=O) groups excluding carboxylic acids is 1. The lowest BCUT2D eigenvalue weighted by atomic mass is 9.85. The van der Waals surface area contributed by atoms with E-state index >= 15 is 0 Å². The molecular weight excluding hydrogens is 314 g/mol. The molecule has 0 radical (unpaired) electrons. The van der Waals surface area contributed by atoms with E-state index in [0.29, 0.717) is 12.8 Å². The van der Waals surface area contributed by atoms with Gasteiger partial charge in [0.1, 0.15) is 6.54 Å². The van der Waals surface area contributed by atoms with Crippen LogP contribution in [0.25, 0.3) is 0 Å². The number of rotatable bonds is 3. The lowest BCUT2D eigenvalue weighted by molar-refractivity contribution is -0.182. The fourth-order valence-electron chi connectivity index (χ4n) is 3.17. The van der Waals surface area contributed by atoms with Crippen LogP contribution in [0.15, 0.2) is 0 Å². The number of alkyl halides is 6. The summed E-state index contributed by atoms with van der Waals surface area (Å²) >= 11 is 0. The van der Waals surface area contributed by atoms with Crippen LogP contribution >= 0.6 is 0 Å². The van der Waals surface area contributed by atoms with E-state index in [0.717, 1.165) is 4.90 Å². The Morgan fingerprint density at radius 3 is 2.09 bits per heavy atom. The van der Waals surface area contributed by atoms with E-state index in [1.165, 1.54) is 0 Å². The van der Waals surface area contributed by atoms with Gasteiger partial charge in [-0.1, -0.05) is 0 Å². The van der Waals surface area contributed by atoms with Crippen LogP contribution in [0.3, 0.4) is 0 Å². The number of nitrogens with one attached hydrogen (secondary N) is 1. The first-order valence-corrected chi connectivity index (χ1v) is 7.22. The highest BCUT2D eigenvalue weighted by Crippen LogP contribution is 2.37. The highest BCUT2D eigenvalue weighted by Gasteiger charge is 2.43. The van der Waals surface area contributed by atoms with Gasteiger partial charge < -0.3 is 10.2 Å². The first-order chi connectivity index (χ1) is 10.0. The second-order valence-electron chi connectivity index (χ2n) is 6.05.